The van der Waals surface area contributed by atoms with Crippen molar-refractivity contribution >= 4 is 33.5 Å². The first kappa shape index (κ1) is 12.9. The van der Waals surface area contributed by atoms with E-state index in [9.17, 15) is 4.79 Å². The van der Waals surface area contributed by atoms with Crippen LogP contribution in [-0.2, 0) is 11.2 Å². The van der Waals surface area contributed by atoms with Gasteiger partial charge in [0.2, 0.25) is 0 Å². The van der Waals surface area contributed by atoms with Gasteiger partial charge in [0.25, 0.3) is 0 Å². The molecule has 3 heteroatoms. The zero-order chi connectivity index (χ0) is 13.2. The Kier molecular flexibility index (Phi) is 3.76. The maximum absolute atomic E-state index is 12.5. The first-order valence-corrected chi connectivity index (χ1v) is 8.01. The fourth-order valence-electron chi connectivity index (χ4n) is 2.38. The SMILES string of the molecule is O=C(Cc1ccccc1Br)C1CSc2ccccc21. The van der Waals surface area contributed by atoms with Crippen molar-refractivity contribution in [2.24, 2.45) is 0 Å². The van der Waals surface area contributed by atoms with E-state index in [1.165, 1.54) is 10.5 Å². The molecular formula is C16H13BrOS. The van der Waals surface area contributed by atoms with Crippen LogP contribution in [0.3, 0.4) is 0 Å². The van der Waals surface area contributed by atoms with E-state index in [0.717, 1.165) is 15.8 Å². The van der Waals surface area contributed by atoms with Crippen LogP contribution in [0.2, 0.25) is 0 Å². The number of benzene rings is 2. The van der Waals surface area contributed by atoms with Gasteiger partial charge in [-0.15, -0.1) is 11.8 Å². The monoisotopic (exact) mass is 332 g/mol. The van der Waals surface area contributed by atoms with E-state index in [1.54, 1.807) is 11.8 Å². The number of carbonyl (C=O) groups is 1. The Morgan fingerprint density at radius 2 is 1.89 bits per heavy atom. The summed E-state index contributed by atoms with van der Waals surface area (Å²) in [7, 11) is 0. The van der Waals surface area contributed by atoms with Gasteiger partial charge in [0.1, 0.15) is 5.78 Å². The molecule has 19 heavy (non-hydrogen) atoms. The highest BCUT2D eigenvalue weighted by atomic mass is 79.9. The van der Waals surface area contributed by atoms with E-state index >= 15 is 0 Å². The molecule has 1 atom stereocenters. The highest BCUT2D eigenvalue weighted by Crippen LogP contribution is 2.40. The van der Waals surface area contributed by atoms with E-state index < -0.39 is 0 Å². The molecule has 0 fully saturated rings. The van der Waals surface area contributed by atoms with Crippen molar-refractivity contribution in [3.05, 3.63) is 64.1 Å². The number of carbonyl (C=O) groups excluding carboxylic acids is 1. The van der Waals surface area contributed by atoms with E-state index in [1.807, 2.05) is 36.4 Å². The van der Waals surface area contributed by atoms with Crippen molar-refractivity contribution in [3.63, 3.8) is 0 Å². The van der Waals surface area contributed by atoms with Crippen LogP contribution in [0.15, 0.2) is 57.9 Å². The predicted octanol–water partition coefficient (Wildman–Crippen LogP) is 4.45. The molecule has 3 rings (SSSR count). The number of hydrogen-bond acceptors (Lipinski definition) is 2. The molecule has 0 saturated carbocycles. The molecule has 2 aromatic carbocycles. The van der Waals surface area contributed by atoms with Crippen molar-refractivity contribution in [1.29, 1.82) is 0 Å². The zero-order valence-corrected chi connectivity index (χ0v) is 12.7. The Labute approximate surface area is 125 Å². The van der Waals surface area contributed by atoms with Gasteiger partial charge in [0.15, 0.2) is 0 Å². The Morgan fingerprint density at radius 1 is 1.16 bits per heavy atom. The van der Waals surface area contributed by atoms with Gasteiger partial charge in [0.05, 0.1) is 5.92 Å². The largest absolute Gasteiger partial charge is 0.299 e. The second-order valence-corrected chi connectivity index (χ2v) is 6.55. The average molecular weight is 333 g/mol. The summed E-state index contributed by atoms with van der Waals surface area (Å²) in [5.41, 5.74) is 2.27. The van der Waals surface area contributed by atoms with Crippen LogP contribution < -0.4 is 0 Å². The Bertz CT molecular complexity index is 624. The van der Waals surface area contributed by atoms with Crippen molar-refractivity contribution in [2.75, 3.05) is 5.75 Å². The number of fused-ring (bicyclic) bond motifs is 1. The van der Waals surface area contributed by atoms with Gasteiger partial charge >= 0.3 is 0 Å². The predicted molar refractivity (Wildman–Crippen MR) is 82.8 cm³/mol. The second-order valence-electron chi connectivity index (χ2n) is 4.64. The second kappa shape index (κ2) is 5.51. The highest BCUT2D eigenvalue weighted by Gasteiger charge is 2.28. The summed E-state index contributed by atoms with van der Waals surface area (Å²) >= 11 is 5.29. The lowest BCUT2D eigenvalue weighted by Crippen LogP contribution is -2.14. The highest BCUT2D eigenvalue weighted by molar-refractivity contribution is 9.10. The third kappa shape index (κ3) is 2.63. The van der Waals surface area contributed by atoms with Crippen molar-refractivity contribution in [3.8, 4) is 0 Å². The summed E-state index contributed by atoms with van der Waals surface area (Å²) in [6, 6.07) is 16.2. The van der Waals surface area contributed by atoms with Crippen LogP contribution in [0.5, 0.6) is 0 Å². The fraction of sp³-hybridized carbons (Fsp3) is 0.188. The maximum atomic E-state index is 12.5. The molecule has 0 bridgehead atoms. The lowest BCUT2D eigenvalue weighted by Gasteiger charge is -2.10. The quantitative estimate of drug-likeness (QED) is 0.825. The van der Waals surface area contributed by atoms with Crippen LogP contribution >= 0.6 is 27.7 Å². The van der Waals surface area contributed by atoms with Crippen LogP contribution in [0.25, 0.3) is 0 Å². The smallest absolute Gasteiger partial charge is 0.145 e. The molecule has 96 valence electrons. The zero-order valence-electron chi connectivity index (χ0n) is 10.3. The number of halogens is 1. The van der Waals surface area contributed by atoms with E-state index in [4.69, 9.17) is 0 Å². The molecule has 2 aromatic rings. The molecule has 0 saturated heterocycles. The first-order valence-electron chi connectivity index (χ1n) is 6.23. The minimum Gasteiger partial charge on any atom is -0.299 e. The van der Waals surface area contributed by atoms with Gasteiger partial charge in [-0.1, -0.05) is 52.3 Å². The minimum atomic E-state index is 0.0494. The lowest BCUT2D eigenvalue weighted by molar-refractivity contribution is -0.119. The van der Waals surface area contributed by atoms with E-state index in [0.29, 0.717) is 12.2 Å². The Morgan fingerprint density at radius 3 is 2.74 bits per heavy atom. The average Bonchev–Trinajstić information content (AvgIpc) is 2.85. The molecular weight excluding hydrogens is 320 g/mol. The number of ketones is 1. The molecule has 1 nitrogen and oxygen atoms in total. The number of Topliss-reactive ketones (excluding diaryl/α,β-unsaturated/α-hetero) is 1. The van der Waals surface area contributed by atoms with Gasteiger partial charge in [-0.25, -0.2) is 0 Å². The van der Waals surface area contributed by atoms with Crippen LogP contribution in [-0.4, -0.2) is 11.5 Å². The standard InChI is InChI=1S/C16H13BrOS/c17-14-7-3-1-5-11(14)9-15(18)13-10-19-16-8-4-2-6-12(13)16/h1-8,13H,9-10H2. The molecule has 0 amide bonds. The summed E-state index contributed by atoms with van der Waals surface area (Å²) in [4.78, 5) is 13.8. The van der Waals surface area contributed by atoms with Gasteiger partial charge in [-0.05, 0) is 23.3 Å². The molecule has 0 aromatic heterocycles. The molecule has 0 N–H and O–H groups in total. The number of rotatable bonds is 3. The van der Waals surface area contributed by atoms with Crippen molar-refractivity contribution < 1.29 is 4.79 Å². The molecule has 1 aliphatic rings. The summed E-state index contributed by atoms with van der Waals surface area (Å²) in [6.45, 7) is 0. The number of thioether (sulfide) groups is 1. The van der Waals surface area contributed by atoms with Gasteiger partial charge < -0.3 is 0 Å². The van der Waals surface area contributed by atoms with Crippen LogP contribution in [0.4, 0.5) is 0 Å². The van der Waals surface area contributed by atoms with E-state index in [2.05, 4.69) is 28.1 Å². The first-order chi connectivity index (χ1) is 9.25. The number of hydrogen-bond donors (Lipinski definition) is 0. The molecule has 0 aliphatic carbocycles. The summed E-state index contributed by atoms with van der Waals surface area (Å²) in [6.07, 6.45) is 0.501. The summed E-state index contributed by atoms with van der Waals surface area (Å²) in [5.74, 6) is 1.24. The third-order valence-corrected chi connectivity index (χ3v) is 5.37. The van der Waals surface area contributed by atoms with Crippen LogP contribution in [0.1, 0.15) is 17.0 Å². The van der Waals surface area contributed by atoms with Gasteiger partial charge in [0, 0.05) is 21.5 Å². The van der Waals surface area contributed by atoms with E-state index in [-0.39, 0.29) is 5.92 Å². The van der Waals surface area contributed by atoms with Crippen LogP contribution in [0, 0.1) is 0 Å². The minimum absolute atomic E-state index is 0.0494. The summed E-state index contributed by atoms with van der Waals surface area (Å²) < 4.78 is 1.02. The van der Waals surface area contributed by atoms with Gasteiger partial charge in [-0.2, -0.15) is 0 Å². The topological polar surface area (TPSA) is 17.1 Å². The molecule has 1 heterocycles. The molecule has 1 aliphatic heterocycles. The lowest BCUT2D eigenvalue weighted by atomic mass is 9.93. The Balaban J connectivity index is 1.81. The normalized spacial score (nSPS) is 17.2. The molecule has 0 radical (unpaired) electrons. The summed E-state index contributed by atoms with van der Waals surface area (Å²) in [5, 5.41) is 0. The Hall–Kier alpha value is -1.06. The fourth-order valence-corrected chi connectivity index (χ4v) is 4.07. The third-order valence-electron chi connectivity index (χ3n) is 3.41. The maximum Gasteiger partial charge on any atom is 0.145 e. The molecule has 1 unspecified atom stereocenters. The molecule has 0 spiro atoms. The van der Waals surface area contributed by atoms with Crippen molar-refractivity contribution in [1.82, 2.24) is 0 Å². The van der Waals surface area contributed by atoms with Gasteiger partial charge in [-0.3, -0.25) is 4.79 Å². The van der Waals surface area contributed by atoms with Crippen molar-refractivity contribution in [2.45, 2.75) is 17.2 Å².